The Morgan fingerprint density at radius 1 is 1.09 bits per heavy atom. The van der Waals surface area contributed by atoms with Crippen LogP contribution in [0.2, 0.25) is 0 Å². The van der Waals surface area contributed by atoms with Crippen molar-refractivity contribution in [2.24, 2.45) is 17.1 Å². The number of amides is 2. The van der Waals surface area contributed by atoms with E-state index in [2.05, 4.69) is 34.6 Å². The highest BCUT2D eigenvalue weighted by molar-refractivity contribution is 7.09. The van der Waals surface area contributed by atoms with Gasteiger partial charge in [0.1, 0.15) is 5.01 Å². The van der Waals surface area contributed by atoms with Crippen LogP contribution < -0.4 is 11.1 Å². The molecule has 1 unspecified atom stereocenters. The van der Waals surface area contributed by atoms with Crippen LogP contribution in [0.4, 0.5) is 0 Å². The minimum atomic E-state index is -1.26. The fraction of sp³-hybridized carbons (Fsp3) is 0.286. The standard InChI is InChI=1S/C35H38N4O3S/c1-24-23-43-32(38-24)22-39(2)33(41)27-15-9-17-35(19-27,34(36)42)30(18-25-10-4-3-5-11-25)31(40)21-37-20-28-14-8-13-26-12-6-7-16-29(26)28/h3-17,23,30-31,37,40H,18-22H2,1-2H3,(H2,36,42)/t30-,31+,35?/m1/s1. The van der Waals surface area contributed by atoms with Crippen molar-refractivity contribution in [3.8, 4) is 0 Å². The number of aromatic nitrogens is 1. The fourth-order valence-electron chi connectivity index (χ4n) is 5.99. The summed E-state index contributed by atoms with van der Waals surface area (Å²) in [6.07, 6.45) is 4.86. The number of aliphatic hydroxyl groups is 1. The molecule has 0 aliphatic heterocycles. The summed E-state index contributed by atoms with van der Waals surface area (Å²) in [4.78, 5) is 33.0. The summed E-state index contributed by atoms with van der Waals surface area (Å²) in [7, 11) is 1.73. The average molecular weight is 595 g/mol. The van der Waals surface area contributed by atoms with Crippen molar-refractivity contribution in [2.45, 2.75) is 39.0 Å². The third-order valence-electron chi connectivity index (χ3n) is 8.27. The SMILES string of the molecule is Cc1csc(CN(C)C(=O)C2=CC=CC(C(N)=O)([C@H](Cc3ccccc3)[C@@H](O)CNCc3cccc4ccccc34)C2)n1. The molecule has 1 heterocycles. The highest BCUT2D eigenvalue weighted by Crippen LogP contribution is 2.43. The molecule has 0 radical (unpaired) electrons. The molecule has 0 spiro atoms. The van der Waals surface area contributed by atoms with E-state index in [1.807, 2.05) is 60.8 Å². The van der Waals surface area contributed by atoms with Crippen LogP contribution in [0, 0.1) is 18.3 Å². The van der Waals surface area contributed by atoms with E-state index in [9.17, 15) is 14.7 Å². The van der Waals surface area contributed by atoms with Gasteiger partial charge < -0.3 is 21.1 Å². The lowest BCUT2D eigenvalue weighted by molar-refractivity contribution is -0.131. The normalized spacial score (nSPS) is 17.8. The molecule has 7 nitrogen and oxygen atoms in total. The third kappa shape index (κ3) is 6.94. The Bertz CT molecular complexity index is 1640. The van der Waals surface area contributed by atoms with E-state index in [1.165, 1.54) is 11.3 Å². The predicted octanol–water partition coefficient (Wildman–Crippen LogP) is 4.93. The van der Waals surface area contributed by atoms with E-state index in [0.717, 1.165) is 32.6 Å². The van der Waals surface area contributed by atoms with Crippen LogP contribution >= 0.6 is 11.3 Å². The van der Waals surface area contributed by atoms with Gasteiger partial charge in [0.25, 0.3) is 0 Å². The number of likely N-dealkylation sites (N-methyl/N-ethyl adjacent to an activating group) is 1. The van der Waals surface area contributed by atoms with Crippen molar-refractivity contribution in [3.05, 3.63) is 124 Å². The van der Waals surface area contributed by atoms with Crippen molar-refractivity contribution in [1.29, 1.82) is 0 Å². The maximum Gasteiger partial charge on any atom is 0.249 e. The number of aliphatic hydroxyl groups excluding tert-OH is 1. The Labute approximate surface area is 256 Å². The molecule has 1 aliphatic carbocycles. The average Bonchev–Trinajstić information content (AvgIpc) is 3.43. The quantitative estimate of drug-likeness (QED) is 0.216. The molecule has 1 aromatic heterocycles. The Morgan fingerprint density at radius 3 is 2.58 bits per heavy atom. The number of carbonyl (C=O) groups is 2. The third-order valence-corrected chi connectivity index (χ3v) is 9.22. The summed E-state index contributed by atoms with van der Waals surface area (Å²) >= 11 is 1.51. The number of nitrogens with two attached hydrogens (primary N) is 1. The number of carbonyl (C=O) groups excluding carboxylic acids is 2. The van der Waals surface area contributed by atoms with Crippen LogP contribution in [0.15, 0.2) is 102 Å². The lowest BCUT2D eigenvalue weighted by atomic mass is 9.64. The predicted molar refractivity (Wildman–Crippen MR) is 172 cm³/mol. The van der Waals surface area contributed by atoms with Crippen molar-refractivity contribution in [2.75, 3.05) is 13.6 Å². The molecule has 0 saturated carbocycles. The summed E-state index contributed by atoms with van der Waals surface area (Å²) in [6, 6.07) is 24.2. The molecule has 8 heteroatoms. The minimum absolute atomic E-state index is 0.108. The van der Waals surface area contributed by atoms with E-state index in [4.69, 9.17) is 5.73 Å². The summed E-state index contributed by atoms with van der Waals surface area (Å²) in [5, 5.41) is 20.3. The van der Waals surface area contributed by atoms with Crippen LogP contribution in [0.1, 0.15) is 28.2 Å². The Kier molecular flexibility index (Phi) is 9.50. The van der Waals surface area contributed by atoms with Gasteiger partial charge in [-0.2, -0.15) is 0 Å². The van der Waals surface area contributed by atoms with Crippen molar-refractivity contribution in [1.82, 2.24) is 15.2 Å². The second-order valence-electron chi connectivity index (χ2n) is 11.3. The molecule has 222 valence electrons. The molecule has 4 N–H and O–H groups in total. The molecule has 3 aromatic carbocycles. The van der Waals surface area contributed by atoms with Gasteiger partial charge in [-0.1, -0.05) is 91.0 Å². The molecule has 0 bridgehead atoms. The fourth-order valence-corrected chi connectivity index (χ4v) is 6.81. The zero-order valence-electron chi connectivity index (χ0n) is 24.6. The number of aryl methyl sites for hydroxylation is 1. The van der Waals surface area contributed by atoms with Crippen LogP contribution in [0.25, 0.3) is 10.8 Å². The van der Waals surface area contributed by atoms with Gasteiger partial charge >= 0.3 is 0 Å². The number of fused-ring (bicyclic) bond motifs is 1. The van der Waals surface area contributed by atoms with Crippen LogP contribution in [0.3, 0.4) is 0 Å². The van der Waals surface area contributed by atoms with E-state index in [1.54, 1.807) is 30.2 Å². The number of hydrogen-bond acceptors (Lipinski definition) is 6. The first-order valence-electron chi connectivity index (χ1n) is 14.5. The molecule has 2 amide bonds. The Balaban J connectivity index is 1.37. The van der Waals surface area contributed by atoms with E-state index in [-0.39, 0.29) is 18.9 Å². The van der Waals surface area contributed by atoms with Gasteiger partial charge in [-0.3, -0.25) is 9.59 Å². The molecule has 0 fully saturated rings. The lowest BCUT2D eigenvalue weighted by Crippen LogP contribution is -2.51. The van der Waals surface area contributed by atoms with Gasteiger partial charge in [-0.25, -0.2) is 4.98 Å². The number of benzene rings is 3. The van der Waals surface area contributed by atoms with Gasteiger partial charge in [-0.15, -0.1) is 11.3 Å². The first-order chi connectivity index (χ1) is 20.8. The molecule has 1 aliphatic rings. The summed E-state index contributed by atoms with van der Waals surface area (Å²) in [5.41, 5.74) is 8.40. The first kappa shape index (κ1) is 30.4. The molecule has 3 atom stereocenters. The molecule has 5 rings (SSSR count). The Morgan fingerprint density at radius 2 is 1.84 bits per heavy atom. The summed E-state index contributed by atoms with van der Waals surface area (Å²) < 4.78 is 0. The number of primary amides is 1. The highest BCUT2D eigenvalue weighted by atomic mass is 32.1. The van der Waals surface area contributed by atoms with Gasteiger partial charge in [0.15, 0.2) is 0 Å². The Hall–Kier alpha value is -4.11. The second kappa shape index (κ2) is 13.5. The van der Waals surface area contributed by atoms with E-state index in [0.29, 0.717) is 25.1 Å². The molecule has 4 aromatic rings. The number of nitrogens with one attached hydrogen (secondary N) is 1. The van der Waals surface area contributed by atoms with E-state index >= 15 is 0 Å². The number of allylic oxidation sites excluding steroid dienone is 2. The van der Waals surface area contributed by atoms with Crippen LogP contribution in [-0.4, -0.2) is 46.5 Å². The second-order valence-corrected chi connectivity index (χ2v) is 12.3. The zero-order chi connectivity index (χ0) is 30.4. The summed E-state index contributed by atoms with van der Waals surface area (Å²) in [5.74, 6) is -1.33. The highest BCUT2D eigenvalue weighted by Gasteiger charge is 2.47. The maximum atomic E-state index is 13.6. The van der Waals surface area contributed by atoms with Gasteiger partial charge in [0.2, 0.25) is 11.8 Å². The monoisotopic (exact) mass is 594 g/mol. The number of rotatable bonds is 12. The number of thiazole rings is 1. The minimum Gasteiger partial charge on any atom is -0.391 e. The molecule has 43 heavy (non-hydrogen) atoms. The van der Waals surface area contributed by atoms with Gasteiger partial charge in [0.05, 0.1) is 18.1 Å². The first-order valence-corrected chi connectivity index (χ1v) is 15.4. The maximum absolute atomic E-state index is 13.6. The lowest BCUT2D eigenvalue weighted by Gasteiger charge is -2.41. The zero-order valence-corrected chi connectivity index (χ0v) is 25.4. The van der Waals surface area contributed by atoms with E-state index < -0.39 is 23.3 Å². The smallest absolute Gasteiger partial charge is 0.249 e. The summed E-state index contributed by atoms with van der Waals surface area (Å²) in [6.45, 7) is 3.10. The molecule has 0 saturated heterocycles. The van der Waals surface area contributed by atoms with Crippen molar-refractivity contribution >= 4 is 33.9 Å². The number of nitrogens with zero attached hydrogens (tertiary/aromatic N) is 2. The largest absolute Gasteiger partial charge is 0.391 e. The van der Waals surface area contributed by atoms with Crippen LogP contribution in [-0.2, 0) is 29.1 Å². The molecular formula is C35H38N4O3S. The van der Waals surface area contributed by atoms with Gasteiger partial charge in [0, 0.05) is 42.7 Å². The number of hydrogen-bond donors (Lipinski definition) is 3. The molecular weight excluding hydrogens is 556 g/mol. The topological polar surface area (TPSA) is 109 Å². The van der Waals surface area contributed by atoms with Crippen molar-refractivity contribution < 1.29 is 14.7 Å². The van der Waals surface area contributed by atoms with Crippen molar-refractivity contribution in [3.63, 3.8) is 0 Å². The van der Waals surface area contributed by atoms with Crippen LogP contribution in [0.5, 0.6) is 0 Å². The van der Waals surface area contributed by atoms with Gasteiger partial charge in [-0.05, 0) is 41.7 Å².